The monoisotopic (exact) mass is 406 g/mol. The molecule has 0 spiro atoms. The Bertz CT molecular complexity index is 1080. The summed E-state index contributed by atoms with van der Waals surface area (Å²) in [5.41, 5.74) is 2.75. The zero-order valence-corrected chi connectivity index (χ0v) is 16.9. The van der Waals surface area contributed by atoms with Crippen LogP contribution in [0.3, 0.4) is 0 Å². The van der Waals surface area contributed by atoms with Crippen molar-refractivity contribution < 1.29 is 29.2 Å². The minimum absolute atomic E-state index is 0.0877. The van der Waals surface area contributed by atoms with E-state index in [1.165, 1.54) is 26.4 Å². The molecule has 0 bridgehead atoms. The Hall–Kier alpha value is -3.93. The highest BCUT2D eigenvalue weighted by Gasteiger charge is 2.21. The molecule has 0 atom stereocenters. The van der Waals surface area contributed by atoms with Gasteiger partial charge in [-0.25, -0.2) is 4.79 Å². The first-order valence-electron chi connectivity index (χ1n) is 9.11. The summed E-state index contributed by atoms with van der Waals surface area (Å²) >= 11 is 0. The fourth-order valence-electron chi connectivity index (χ4n) is 3.01. The van der Waals surface area contributed by atoms with Gasteiger partial charge in [0, 0.05) is 11.1 Å². The van der Waals surface area contributed by atoms with E-state index in [0.29, 0.717) is 33.8 Å². The SMILES string of the molecule is C=C(C)C(=O)Oc1ccc(-c2cc(OC)c(-c3ccc(O)cc3)c(O)c2OC)cc1. The highest BCUT2D eigenvalue weighted by Crippen LogP contribution is 2.49. The van der Waals surface area contributed by atoms with Gasteiger partial charge in [0.25, 0.3) is 0 Å². The van der Waals surface area contributed by atoms with Crippen LogP contribution in [0.5, 0.6) is 28.7 Å². The number of methoxy groups -OCH3 is 2. The predicted molar refractivity (Wildman–Crippen MR) is 114 cm³/mol. The molecule has 0 radical (unpaired) electrons. The molecule has 0 fully saturated rings. The maximum absolute atomic E-state index is 11.7. The van der Waals surface area contributed by atoms with Gasteiger partial charge in [0.1, 0.15) is 17.2 Å². The highest BCUT2D eigenvalue weighted by molar-refractivity contribution is 5.89. The maximum atomic E-state index is 11.7. The van der Waals surface area contributed by atoms with Gasteiger partial charge in [-0.05, 0) is 48.4 Å². The van der Waals surface area contributed by atoms with Gasteiger partial charge in [0.2, 0.25) is 0 Å². The van der Waals surface area contributed by atoms with Crippen LogP contribution in [0.4, 0.5) is 0 Å². The second-order valence-electron chi connectivity index (χ2n) is 6.62. The van der Waals surface area contributed by atoms with Crippen molar-refractivity contribution in [3.8, 4) is 51.0 Å². The lowest BCUT2D eigenvalue weighted by molar-refractivity contribution is -0.130. The van der Waals surface area contributed by atoms with Crippen molar-refractivity contribution in [2.45, 2.75) is 6.92 Å². The van der Waals surface area contributed by atoms with Crippen LogP contribution < -0.4 is 14.2 Å². The molecular formula is C24H22O6. The maximum Gasteiger partial charge on any atom is 0.338 e. The lowest BCUT2D eigenvalue weighted by Crippen LogP contribution is -2.07. The third kappa shape index (κ3) is 4.07. The number of benzene rings is 3. The summed E-state index contributed by atoms with van der Waals surface area (Å²) < 4.78 is 16.2. The summed E-state index contributed by atoms with van der Waals surface area (Å²) in [6.45, 7) is 5.13. The van der Waals surface area contributed by atoms with E-state index in [0.717, 1.165) is 5.56 Å². The molecule has 0 aliphatic heterocycles. The smallest absolute Gasteiger partial charge is 0.338 e. The van der Waals surface area contributed by atoms with E-state index in [4.69, 9.17) is 14.2 Å². The number of aromatic hydroxyl groups is 2. The molecule has 3 aromatic rings. The van der Waals surface area contributed by atoms with Gasteiger partial charge < -0.3 is 24.4 Å². The van der Waals surface area contributed by atoms with Gasteiger partial charge in [-0.2, -0.15) is 0 Å². The van der Waals surface area contributed by atoms with Gasteiger partial charge in [-0.3, -0.25) is 0 Å². The zero-order valence-electron chi connectivity index (χ0n) is 16.9. The molecule has 0 aliphatic carbocycles. The summed E-state index contributed by atoms with van der Waals surface area (Å²) in [5.74, 6) is 0.612. The van der Waals surface area contributed by atoms with Crippen molar-refractivity contribution >= 4 is 5.97 Å². The van der Waals surface area contributed by atoms with Crippen molar-refractivity contribution in [1.82, 2.24) is 0 Å². The first-order chi connectivity index (χ1) is 14.3. The standard InChI is InChI=1S/C24H22O6/c1-14(2)24(27)30-18-11-7-15(8-12-18)19-13-20(28-3)21(22(26)23(19)29-4)16-5-9-17(25)10-6-16/h5-13,25-26H,1H2,2-4H3. The van der Waals surface area contributed by atoms with E-state index >= 15 is 0 Å². The molecule has 0 aromatic heterocycles. The molecule has 2 N–H and O–H groups in total. The summed E-state index contributed by atoms with van der Waals surface area (Å²) in [7, 11) is 2.98. The van der Waals surface area contributed by atoms with Gasteiger partial charge in [-0.1, -0.05) is 30.8 Å². The lowest BCUT2D eigenvalue weighted by atomic mass is 9.96. The Kier molecular flexibility index (Phi) is 5.97. The van der Waals surface area contributed by atoms with Crippen LogP contribution in [0.15, 0.2) is 66.7 Å². The largest absolute Gasteiger partial charge is 0.508 e. The number of phenolic OH excluding ortho intramolecular Hbond substituents is 2. The van der Waals surface area contributed by atoms with E-state index in [1.54, 1.807) is 49.4 Å². The van der Waals surface area contributed by atoms with Gasteiger partial charge in [0.05, 0.1) is 19.8 Å². The summed E-state index contributed by atoms with van der Waals surface area (Å²) in [5, 5.41) is 20.5. The third-order valence-corrected chi connectivity index (χ3v) is 4.52. The summed E-state index contributed by atoms with van der Waals surface area (Å²) in [6.07, 6.45) is 0. The van der Waals surface area contributed by atoms with E-state index < -0.39 is 5.97 Å². The Labute approximate surface area is 174 Å². The molecule has 0 saturated heterocycles. The van der Waals surface area contributed by atoms with Gasteiger partial charge in [0.15, 0.2) is 11.5 Å². The second-order valence-corrected chi connectivity index (χ2v) is 6.62. The van der Waals surface area contributed by atoms with E-state index in [9.17, 15) is 15.0 Å². The average Bonchev–Trinajstić information content (AvgIpc) is 2.74. The van der Waals surface area contributed by atoms with E-state index in [-0.39, 0.29) is 17.2 Å². The van der Waals surface area contributed by atoms with Gasteiger partial charge in [-0.15, -0.1) is 0 Å². The molecule has 0 amide bonds. The van der Waals surface area contributed by atoms with E-state index in [2.05, 4.69) is 6.58 Å². The molecule has 0 heterocycles. The number of hydrogen-bond donors (Lipinski definition) is 2. The Balaban J connectivity index is 2.07. The molecule has 6 nitrogen and oxygen atoms in total. The number of esters is 1. The van der Waals surface area contributed by atoms with Crippen molar-refractivity contribution in [3.63, 3.8) is 0 Å². The van der Waals surface area contributed by atoms with Crippen LogP contribution >= 0.6 is 0 Å². The van der Waals surface area contributed by atoms with Crippen molar-refractivity contribution in [1.29, 1.82) is 0 Å². The van der Waals surface area contributed by atoms with Crippen molar-refractivity contribution in [2.75, 3.05) is 14.2 Å². The minimum atomic E-state index is -0.502. The minimum Gasteiger partial charge on any atom is -0.508 e. The quantitative estimate of drug-likeness (QED) is 0.343. The van der Waals surface area contributed by atoms with Crippen LogP contribution in [-0.4, -0.2) is 30.4 Å². The highest BCUT2D eigenvalue weighted by atomic mass is 16.5. The number of rotatable bonds is 6. The molecular weight excluding hydrogens is 384 g/mol. The van der Waals surface area contributed by atoms with Crippen LogP contribution in [-0.2, 0) is 4.79 Å². The Morgan fingerprint density at radius 2 is 1.50 bits per heavy atom. The number of hydrogen-bond acceptors (Lipinski definition) is 6. The van der Waals surface area contributed by atoms with E-state index in [1.807, 2.05) is 0 Å². The number of carbonyl (C=O) groups is 1. The molecule has 0 unspecified atom stereocenters. The molecule has 154 valence electrons. The predicted octanol–water partition coefficient (Wildman–Crippen LogP) is 4.93. The first kappa shape index (κ1) is 20.8. The van der Waals surface area contributed by atoms with Crippen LogP contribution in [0.25, 0.3) is 22.3 Å². The third-order valence-electron chi connectivity index (χ3n) is 4.52. The van der Waals surface area contributed by atoms with Crippen molar-refractivity contribution in [2.24, 2.45) is 0 Å². The van der Waals surface area contributed by atoms with Crippen LogP contribution in [0.1, 0.15) is 6.92 Å². The molecule has 3 rings (SSSR count). The Morgan fingerprint density at radius 3 is 2.03 bits per heavy atom. The molecule has 0 saturated carbocycles. The summed E-state index contributed by atoms with van der Waals surface area (Å²) in [4.78, 5) is 11.7. The van der Waals surface area contributed by atoms with Gasteiger partial charge >= 0.3 is 5.97 Å². The zero-order chi connectivity index (χ0) is 21.8. The number of ether oxygens (including phenoxy) is 3. The lowest BCUT2D eigenvalue weighted by Gasteiger charge is -2.18. The molecule has 30 heavy (non-hydrogen) atoms. The first-order valence-corrected chi connectivity index (χ1v) is 9.11. The average molecular weight is 406 g/mol. The number of phenols is 2. The van der Waals surface area contributed by atoms with Crippen LogP contribution in [0, 0.1) is 0 Å². The molecule has 3 aromatic carbocycles. The van der Waals surface area contributed by atoms with Crippen molar-refractivity contribution in [3.05, 3.63) is 66.7 Å². The van der Waals surface area contributed by atoms with Crippen LogP contribution in [0.2, 0.25) is 0 Å². The molecule has 0 aliphatic rings. The second kappa shape index (κ2) is 8.61. The Morgan fingerprint density at radius 1 is 0.900 bits per heavy atom. The molecule has 6 heteroatoms. The number of carbonyl (C=O) groups excluding carboxylic acids is 1. The fraction of sp³-hybridized carbons (Fsp3) is 0.125. The fourth-order valence-corrected chi connectivity index (χ4v) is 3.01. The summed E-state index contributed by atoms with van der Waals surface area (Å²) in [6, 6.07) is 15.0. The normalized spacial score (nSPS) is 10.4. The topological polar surface area (TPSA) is 85.2 Å².